The van der Waals surface area contributed by atoms with Crippen molar-refractivity contribution < 1.29 is 0 Å². The van der Waals surface area contributed by atoms with Crippen molar-refractivity contribution in [2.45, 2.75) is 25.8 Å². The highest BCUT2D eigenvalue weighted by Gasteiger charge is 2.14. The third-order valence-corrected chi connectivity index (χ3v) is 3.03. The van der Waals surface area contributed by atoms with Gasteiger partial charge >= 0.3 is 0 Å². The summed E-state index contributed by atoms with van der Waals surface area (Å²) in [5.74, 6) is 0. The summed E-state index contributed by atoms with van der Waals surface area (Å²) in [5, 5.41) is 1.24. The quantitative estimate of drug-likeness (QED) is 0.784. The van der Waals surface area contributed by atoms with Crippen molar-refractivity contribution in [1.82, 2.24) is 4.98 Å². The number of nitrogens with one attached hydrogen (secondary N) is 1. The molecule has 0 spiro atoms. The zero-order valence-electron chi connectivity index (χ0n) is 10.1. The second-order valence-electron chi connectivity index (χ2n) is 4.25. The minimum Gasteiger partial charge on any atom is -0.358 e. The largest absolute Gasteiger partial charge is 0.358 e. The number of benzene rings is 1. The van der Waals surface area contributed by atoms with E-state index in [4.69, 9.17) is 11.5 Å². The summed E-state index contributed by atoms with van der Waals surface area (Å²) in [7, 11) is 0. The second-order valence-corrected chi connectivity index (χ2v) is 4.25. The molecule has 1 atom stereocenters. The predicted octanol–water partition coefficient (Wildman–Crippen LogP) is 2.64. The molecule has 0 radical (unpaired) electrons. The third-order valence-electron chi connectivity index (χ3n) is 3.03. The minimum absolute atomic E-state index is 0. The Kier molecular flexibility index (Phi) is 5.00. The average Bonchev–Trinajstić information content (AvgIpc) is 2.62. The number of aryl methyl sites for hydroxylation is 1. The van der Waals surface area contributed by atoms with Crippen LogP contribution in [0.15, 0.2) is 24.3 Å². The van der Waals surface area contributed by atoms with Crippen molar-refractivity contribution in [1.29, 1.82) is 0 Å². The fourth-order valence-electron chi connectivity index (χ4n) is 2.26. The molecular formula is C13H20ClN3. The van der Waals surface area contributed by atoms with Gasteiger partial charge in [-0.3, -0.25) is 0 Å². The van der Waals surface area contributed by atoms with E-state index in [1.54, 1.807) is 0 Å². The first-order valence-corrected chi connectivity index (χ1v) is 5.77. The lowest BCUT2D eigenvalue weighted by Crippen LogP contribution is -2.13. The molecule has 3 nitrogen and oxygen atoms in total. The molecule has 2 aromatic rings. The van der Waals surface area contributed by atoms with Crippen LogP contribution in [0.4, 0.5) is 0 Å². The lowest BCUT2D eigenvalue weighted by molar-refractivity contribution is 0.618. The van der Waals surface area contributed by atoms with Gasteiger partial charge in [-0.1, -0.05) is 18.2 Å². The van der Waals surface area contributed by atoms with Crippen LogP contribution in [-0.4, -0.2) is 11.5 Å². The smallest absolute Gasteiger partial charge is 0.0459 e. The van der Waals surface area contributed by atoms with Gasteiger partial charge in [-0.15, -0.1) is 12.4 Å². The van der Waals surface area contributed by atoms with Crippen LogP contribution in [0.25, 0.3) is 10.9 Å². The van der Waals surface area contributed by atoms with Crippen LogP contribution < -0.4 is 11.5 Å². The number of rotatable bonds is 4. The molecule has 2 rings (SSSR count). The van der Waals surface area contributed by atoms with Crippen molar-refractivity contribution in [3.05, 3.63) is 35.5 Å². The zero-order valence-corrected chi connectivity index (χ0v) is 10.9. The molecule has 17 heavy (non-hydrogen) atoms. The van der Waals surface area contributed by atoms with Crippen molar-refractivity contribution in [3.8, 4) is 0 Å². The summed E-state index contributed by atoms with van der Waals surface area (Å²) in [6.07, 6.45) is 1.92. The second kappa shape index (κ2) is 6.05. The van der Waals surface area contributed by atoms with Gasteiger partial charge in [-0.25, -0.2) is 0 Å². The van der Waals surface area contributed by atoms with Gasteiger partial charge in [0.15, 0.2) is 0 Å². The molecule has 0 saturated carbocycles. The molecule has 0 aliphatic heterocycles. The molecule has 0 aliphatic carbocycles. The Labute approximate surface area is 108 Å². The normalized spacial score (nSPS) is 12.4. The highest BCUT2D eigenvalue weighted by molar-refractivity contribution is 5.85. The summed E-state index contributed by atoms with van der Waals surface area (Å²) in [6, 6.07) is 8.37. The lowest BCUT2D eigenvalue weighted by atomic mass is 10.00. The van der Waals surface area contributed by atoms with Crippen molar-refractivity contribution in [2.24, 2.45) is 11.5 Å². The van der Waals surface area contributed by atoms with Crippen LogP contribution in [0, 0.1) is 6.92 Å². The molecule has 5 N–H and O–H groups in total. The van der Waals surface area contributed by atoms with Crippen molar-refractivity contribution in [2.75, 3.05) is 6.54 Å². The van der Waals surface area contributed by atoms with Crippen LogP contribution in [0.2, 0.25) is 0 Å². The number of fused-ring (bicyclic) bond motifs is 1. The van der Waals surface area contributed by atoms with Crippen molar-refractivity contribution >= 4 is 23.3 Å². The number of H-pyrrole nitrogens is 1. The van der Waals surface area contributed by atoms with Gasteiger partial charge in [-0.2, -0.15) is 0 Å². The van der Waals surface area contributed by atoms with Gasteiger partial charge in [0, 0.05) is 22.6 Å². The van der Waals surface area contributed by atoms with Crippen LogP contribution in [0.1, 0.15) is 30.1 Å². The molecule has 1 aromatic carbocycles. The Morgan fingerprint density at radius 1 is 1.29 bits per heavy atom. The van der Waals surface area contributed by atoms with E-state index in [1.807, 2.05) is 6.07 Å². The van der Waals surface area contributed by atoms with Gasteiger partial charge in [0.25, 0.3) is 0 Å². The molecule has 0 fully saturated rings. The number of para-hydroxylation sites is 1. The molecule has 0 aliphatic rings. The SMILES string of the molecule is Cc1[nH]c2ccccc2c1[C@H](N)CCCN.Cl. The standard InChI is InChI=1S/C13H19N3.ClH/c1-9-13(11(15)6-4-8-14)10-5-2-3-7-12(10)16-9;/h2-3,5,7,11,16H,4,6,8,14-15H2,1H3;1H/t11-;/m1./s1. The van der Waals surface area contributed by atoms with Crippen molar-refractivity contribution in [3.63, 3.8) is 0 Å². The Morgan fingerprint density at radius 2 is 2.00 bits per heavy atom. The van der Waals surface area contributed by atoms with E-state index in [1.165, 1.54) is 16.6 Å². The van der Waals surface area contributed by atoms with E-state index >= 15 is 0 Å². The number of halogens is 1. The number of hydrogen-bond donors (Lipinski definition) is 3. The summed E-state index contributed by atoms with van der Waals surface area (Å²) in [4.78, 5) is 3.37. The van der Waals surface area contributed by atoms with E-state index < -0.39 is 0 Å². The highest BCUT2D eigenvalue weighted by atomic mass is 35.5. The maximum Gasteiger partial charge on any atom is 0.0459 e. The monoisotopic (exact) mass is 253 g/mol. The number of hydrogen-bond acceptors (Lipinski definition) is 2. The van der Waals surface area contributed by atoms with Crippen LogP contribution in [-0.2, 0) is 0 Å². The zero-order chi connectivity index (χ0) is 11.5. The van der Waals surface area contributed by atoms with E-state index in [-0.39, 0.29) is 18.4 Å². The molecule has 94 valence electrons. The van der Waals surface area contributed by atoms with Gasteiger partial charge in [0.2, 0.25) is 0 Å². The summed E-state index contributed by atoms with van der Waals surface area (Å²) in [6.45, 7) is 2.78. The van der Waals surface area contributed by atoms with Gasteiger partial charge < -0.3 is 16.5 Å². The fraction of sp³-hybridized carbons (Fsp3) is 0.385. The summed E-state index contributed by atoms with van der Waals surface area (Å²) in [5.41, 5.74) is 15.3. The first-order valence-electron chi connectivity index (χ1n) is 5.77. The molecular weight excluding hydrogens is 234 g/mol. The molecule has 1 aromatic heterocycles. The van der Waals surface area contributed by atoms with Crippen LogP contribution in [0.3, 0.4) is 0 Å². The lowest BCUT2D eigenvalue weighted by Gasteiger charge is -2.11. The Bertz CT molecular complexity index is 478. The molecule has 4 heteroatoms. The van der Waals surface area contributed by atoms with E-state index in [2.05, 4.69) is 30.1 Å². The highest BCUT2D eigenvalue weighted by Crippen LogP contribution is 2.28. The number of aromatic nitrogens is 1. The topological polar surface area (TPSA) is 67.8 Å². The Hall–Kier alpha value is -1.03. The third kappa shape index (κ3) is 2.80. The molecule has 0 saturated heterocycles. The number of nitrogens with two attached hydrogens (primary N) is 2. The Balaban J connectivity index is 0.00000144. The Morgan fingerprint density at radius 3 is 2.71 bits per heavy atom. The van der Waals surface area contributed by atoms with E-state index in [9.17, 15) is 0 Å². The van der Waals surface area contributed by atoms with E-state index in [0.717, 1.165) is 18.4 Å². The minimum atomic E-state index is 0. The number of aromatic amines is 1. The maximum absolute atomic E-state index is 6.22. The summed E-state index contributed by atoms with van der Waals surface area (Å²) < 4.78 is 0. The van der Waals surface area contributed by atoms with E-state index in [0.29, 0.717) is 6.54 Å². The first kappa shape index (κ1) is 14.0. The van der Waals surface area contributed by atoms with Gasteiger partial charge in [0.1, 0.15) is 0 Å². The average molecular weight is 254 g/mol. The predicted molar refractivity (Wildman–Crippen MR) is 75.5 cm³/mol. The van der Waals surface area contributed by atoms with Gasteiger partial charge in [-0.05, 0) is 37.9 Å². The molecule has 0 bridgehead atoms. The maximum atomic E-state index is 6.22. The molecule has 1 heterocycles. The fourth-order valence-corrected chi connectivity index (χ4v) is 2.26. The first-order chi connectivity index (χ1) is 7.74. The summed E-state index contributed by atoms with van der Waals surface area (Å²) >= 11 is 0. The van der Waals surface area contributed by atoms with Crippen LogP contribution >= 0.6 is 12.4 Å². The molecule has 0 unspecified atom stereocenters. The van der Waals surface area contributed by atoms with Gasteiger partial charge in [0.05, 0.1) is 0 Å². The molecule has 0 amide bonds. The van der Waals surface area contributed by atoms with Crippen LogP contribution in [0.5, 0.6) is 0 Å².